The van der Waals surface area contributed by atoms with Gasteiger partial charge in [0.1, 0.15) is 11.3 Å². The maximum atomic E-state index is 5.51. The molecule has 136 valence electrons. The number of aryl methyl sites for hydroxylation is 1. The molecule has 6 heteroatoms. The molecule has 0 fully saturated rings. The van der Waals surface area contributed by atoms with Crippen molar-refractivity contribution < 1.29 is 18.9 Å². The molecule has 0 bridgehead atoms. The highest BCUT2D eigenvalue weighted by Gasteiger charge is 2.12. The first-order chi connectivity index (χ1) is 12.6. The molecule has 0 radical (unpaired) electrons. The van der Waals surface area contributed by atoms with Crippen molar-refractivity contribution in [3.8, 4) is 23.0 Å². The van der Waals surface area contributed by atoms with Crippen LogP contribution in [0.5, 0.6) is 23.0 Å². The topological polar surface area (TPSA) is 54.7 Å². The first-order valence-electron chi connectivity index (χ1n) is 8.09. The summed E-state index contributed by atoms with van der Waals surface area (Å²) < 4.78 is 23.5. The Hall–Kier alpha value is -3.15. The number of hydrogen-bond acceptors (Lipinski definition) is 5. The van der Waals surface area contributed by atoms with Gasteiger partial charge in [0.2, 0.25) is 5.75 Å². The second-order valence-electron chi connectivity index (χ2n) is 5.72. The van der Waals surface area contributed by atoms with Crippen LogP contribution in [-0.2, 0) is 7.05 Å². The number of benzene rings is 2. The Labute approximate surface area is 152 Å². The second kappa shape index (κ2) is 7.39. The highest BCUT2D eigenvalue weighted by atomic mass is 16.5. The summed E-state index contributed by atoms with van der Waals surface area (Å²) in [5.41, 5.74) is 2.92. The summed E-state index contributed by atoms with van der Waals surface area (Å²) in [4.78, 5) is 0. The summed E-state index contributed by atoms with van der Waals surface area (Å²) in [5.74, 6) is 2.59. The monoisotopic (exact) mass is 354 g/mol. The lowest BCUT2D eigenvalue weighted by Crippen LogP contribution is -1.95. The fraction of sp³-hybridized carbons (Fsp3) is 0.250. The third-order valence-corrected chi connectivity index (χ3v) is 4.20. The van der Waals surface area contributed by atoms with Gasteiger partial charge < -0.3 is 18.9 Å². The molecule has 0 spiro atoms. The Morgan fingerprint density at radius 1 is 0.769 bits per heavy atom. The minimum absolute atomic E-state index is 0.575. The van der Waals surface area contributed by atoms with Gasteiger partial charge in [-0.25, -0.2) is 0 Å². The lowest BCUT2D eigenvalue weighted by molar-refractivity contribution is 0.324. The summed E-state index contributed by atoms with van der Waals surface area (Å²) in [7, 11) is 8.36. The van der Waals surface area contributed by atoms with E-state index >= 15 is 0 Å². The standard InChI is InChI=1S/C20H22N2O4/c1-22-19-15(12-21-22)8-13(9-16(19)23-2)6-7-14-10-17(24-3)20(26-5)18(11-14)25-4/h6-12H,1-5H3. The molecular formula is C20H22N2O4. The number of hydrogen-bond donors (Lipinski definition) is 0. The van der Waals surface area contributed by atoms with Gasteiger partial charge >= 0.3 is 0 Å². The lowest BCUT2D eigenvalue weighted by atomic mass is 10.1. The highest BCUT2D eigenvalue weighted by Crippen LogP contribution is 2.38. The van der Waals surface area contributed by atoms with Crippen LogP contribution in [-0.4, -0.2) is 38.2 Å². The van der Waals surface area contributed by atoms with E-state index in [9.17, 15) is 0 Å². The molecule has 0 atom stereocenters. The average molecular weight is 354 g/mol. The maximum absolute atomic E-state index is 5.51. The molecule has 0 aliphatic carbocycles. The summed E-state index contributed by atoms with van der Waals surface area (Å²) >= 11 is 0. The van der Waals surface area contributed by atoms with Gasteiger partial charge in [0.05, 0.1) is 34.6 Å². The summed E-state index contributed by atoms with van der Waals surface area (Å²) in [5, 5.41) is 5.32. The van der Waals surface area contributed by atoms with Crippen molar-refractivity contribution in [2.75, 3.05) is 28.4 Å². The Balaban J connectivity index is 2.01. The summed E-state index contributed by atoms with van der Waals surface area (Å²) in [6, 6.07) is 7.85. The van der Waals surface area contributed by atoms with Crippen LogP contribution < -0.4 is 18.9 Å². The van der Waals surface area contributed by atoms with E-state index in [1.54, 1.807) is 33.1 Å². The van der Waals surface area contributed by atoms with Crippen molar-refractivity contribution in [2.45, 2.75) is 0 Å². The molecule has 6 nitrogen and oxygen atoms in total. The Morgan fingerprint density at radius 2 is 1.31 bits per heavy atom. The maximum Gasteiger partial charge on any atom is 0.203 e. The summed E-state index contributed by atoms with van der Waals surface area (Å²) in [6.45, 7) is 0. The molecule has 3 aromatic rings. The molecular weight excluding hydrogens is 332 g/mol. The number of nitrogens with zero attached hydrogens (tertiary/aromatic N) is 2. The Kier molecular flexibility index (Phi) is 5.02. The van der Waals surface area contributed by atoms with Gasteiger partial charge in [0.15, 0.2) is 11.5 Å². The molecule has 2 aromatic carbocycles. The van der Waals surface area contributed by atoms with E-state index in [2.05, 4.69) is 11.2 Å². The van der Waals surface area contributed by atoms with E-state index in [1.807, 2.05) is 43.6 Å². The van der Waals surface area contributed by atoms with Crippen molar-refractivity contribution in [3.05, 3.63) is 41.6 Å². The molecule has 0 saturated carbocycles. The predicted molar refractivity (Wildman–Crippen MR) is 102 cm³/mol. The molecule has 0 N–H and O–H groups in total. The fourth-order valence-corrected chi connectivity index (χ4v) is 2.94. The molecule has 1 heterocycles. The molecule has 0 aliphatic heterocycles. The van der Waals surface area contributed by atoms with Crippen LogP contribution in [0.1, 0.15) is 11.1 Å². The highest BCUT2D eigenvalue weighted by molar-refractivity contribution is 5.88. The Morgan fingerprint density at radius 3 is 1.85 bits per heavy atom. The van der Waals surface area contributed by atoms with Crippen molar-refractivity contribution in [2.24, 2.45) is 7.05 Å². The number of methoxy groups -OCH3 is 4. The molecule has 3 rings (SSSR count). The van der Waals surface area contributed by atoms with E-state index in [1.165, 1.54) is 0 Å². The largest absolute Gasteiger partial charge is 0.494 e. The summed E-state index contributed by atoms with van der Waals surface area (Å²) in [6.07, 6.45) is 5.83. The van der Waals surface area contributed by atoms with Crippen LogP contribution in [0.3, 0.4) is 0 Å². The minimum atomic E-state index is 0.575. The zero-order valence-corrected chi connectivity index (χ0v) is 15.6. The van der Waals surface area contributed by atoms with E-state index in [-0.39, 0.29) is 0 Å². The van der Waals surface area contributed by atoms with Crippen LogP contribution in [0, 0.1) is 0 Å². The third-order valence-electron chi connectivity index (χ3n) is 4.20. The van der Waals surface area contributed by atoms with Crippen molar-refractivity contribution >= 4 is 23.1 Å². The minimum Gasteiger partial charge on any atom is -0.494 e. The van der Waals surface area contributed by atoms with Crippen LogP contribution in [0.2, 0.25) is 0 Å². The zero-order valence-electron chi connectivity index (χ0n) is 15.6. The van der Waals surface area contributed by atoms with Crippen molar-refractivity contribution in [1.82, 2.24) is 9.78 Å². The van der Waals surface area contributed by atoms with Crippen LogP contribution in [0.25, 0.3) is 23.1 Å². The quantitative estimate of drug-likeness (QED) is 0.631. The van der Waals surface area contributed by atoms with Gasteiger partial charge in [0.25, 0.3) is 0 Å². The van der Waals surface area contributed by atoms with E-state index < -0.39 is 0 Å². The second-order valence-corrected chi connectivity index (χ2v) is 5.72. The van der Waals surface area contributed by atoms with E-state index in [0.717, 1.165) is 27.8 Å². The number of ether oxygens (including phenoxy) is 4. The molecule has 0 unspecified atom stereocenters. The first-order valence-corrected chi connectivity index (χ1v) is 8.09. The average Bonchev–Trinajstić information content (AvgIpc) is 3.05. The fourth-order valence-electron chi connectivity index (χ4n) is 2.94. The lowest BCUT2D eigenvalue weighted by Gasteiger charge is -2.12. The van der Waals surface area contributed by atoms with Crippen LogP contribution in [0.4, 0.5) is 0 Å². The molecule has 1 aromatic heterocycles. The van der Waals surface area contributed by atoms with Crippen molar-refractivity contribution in [1.29, 1.82) is 0 Å². The smallest absolute Gasteiger partial charge is 0.203 e. The van der Waals surface area contributed by atoms with Crippen LogP contribution in [0.15, 0.2) is 30.5 Å². The molecule has 0 aliphatic rings. The van der Waals surface area contributed by atoms with E-state index in [4.69, 9.17) is 18.9 Å². The van der Waals surface area contributed by atoms with Gasteiger partial charge in [-0.2, -0.15) is 5.10 Å². The molecule has 0 saturated heterocycles. The Bertz CT molecular complexity index is 935. The van der Waals surface area contributed by atoms with Gasteiger partial charge in [0, 0.05) is 12.4 Å². The number of fused-ring (bicyclic) bond motifs is 1. The normalized spacial score (nSPS) is 11.1. The van der Waals surface area contributed by atoms with E-state index in [0.29, 0.717) is 17.2 Å². The van der Waals surface area contributed by atoms with Gasteiger partial charge in [-0.1, -0.05) is 12.2 Å². The number of rotatable bonds is 6. The van der Waals surface area contributed by atoms with Gasteiger partial charge in [-0.15, -0.1) is 0 Å². The van der Waals surface area contributed by atoms with Crippen molar-refractivity contribution in [3.63, 3.8) is 0 Å². The zero-order chi connectivity index (χ0) is 18.7. The van der Waals surface area contributed by atoms with Crippen LogP contribution >= 0.6 is 0 Å². The molecule has 0 amide bonds. The third kappa shape index (κ3) is 3.18. The first kappa shape index (κ1) is 17.7. The SMILES string of the molecule is COc1cc(C=Cc2cc(OC)c3c(cnn3C)c2)cc(OC)c1OC. The number of aromatic nitrogens is 2. The molecule has 26 heavy (non-hydrogen) atoms. The van der Waals surface area contributed by atoms with Gasteiger partial charge in [-0.05, 0) is 35.4 Å². The predicted octanol–water partition coefficient (Wildman–Crippen LogP) is 3.78. The van der Waals surface area contributed by atoms with Gasteiger partial charge in [-0.3, -0.25) is 4.68 Å².